The Morgan fingerprint density at radius 2 is 2.00 bits per heavy atom. The van der Waals surface area contributed by atoms with Crippen molar-refractivity contribution in [2.45, 2.75) is 31.9 Å². The first-order valence-electron chi connectivity index (χ1n) is 7.04. The van der Waals surface area contributed by atoms with E-state index in [1.54, 1.807) is 6.92 Å². The lowest BCUT2D eigenvalue weighted by molar-refractivity contribution is 0.324. The third-order valence-corrected chi connectivity index (χ3v) is 4.03. The summed E-state index contributed by atoms with van der Waals surface area (Å²) in [5.41, 5.74) is 1.02. The molecule has 0 aliphatic heterocycles. The zero-order valence-electron chi connectivity index (χ0n) is 12.2. The van der Waals surface area contributed by atoms with Gasteiger partial charge in [0, 0.05) is 11.1 Å². The van der Waals surface area contributed by atoms with Gasteiger partial charge in [0.15, 0.2) is 5.82 Å². The summed E-state index contributed by atoms with van der Waals surface area (Å²) in [4.78, 5) is 8.64. The summed E-state index contributed by atoms with van der Waals surface area (Å²) in [7, 11) is 0. The number of aromatic nitrogens is 5. The van der Waals surface area contributed by atoms with Crippen LogP contribution < -0.4 is 0 Å². The minimum atomic E-state index is -0.900. The molecule has 1 saturated carbocycles. The van der Waals surface area contributed by atoms with E-state index in [-0.39, 0.29) is 0 Å². The number of rotatable bonds is 3. The van der Waals surface area contributed by atoms with Gasteiger partial charge < -0.3 is 4.52 Å². The minimum Gasteiger partial charge on any atom is -0.338 e. The summed E-state index contributed by atoms with van der Waals surface area (Å²) in [6.07, 6.45) is -0.464. The number of nitrogens with one attached hydrogen (secondary N) is 1. The Morgan fingerprint density at radius 3 is 2.64 bits per heavy atom. The predicted molar refractivity (Wildman–Crippen MR) is 76.7 cm³/mol. The van der Waals surface area contributed by atoms with Crippen LogP contribution >= 0.6 is 0 Å². The Hall–Kier alpha value is -2.57. The molecule has 1 aliphatic rings. The number of H-pyrrole nitrogens is 1. The zero-order chi connectivity index (χ0) is 15.3. The van der Waals surface area contributed by atoms with Gasteiger partial charge in [-0.05, 0) is 26.3 Å². The van der Waals surface area contributed by atoms with Gasteiger partial charge in [-0.15, -0.1) is 0 Å². The third kappa shape index (κ3) is 2.01. The van der Waals surface area contributed by atoms with Crippen molar-refractivity contribution < 1.29 is 8.91 Å². The van der Waals surface area contributed by atoms with E-state index in [4.69, 9.17) is 4.52 Å². The van der Waals surface area contributed by atoms with Crippen molar-refractivity contribution >= 4 is 0 Å². The first-order chi connectivity index (χ1) is 10.6. The fraction of sp³-hybridized carbons (Fsp3) is 0.333. The highest BCUT2D eigenvalue weighted by Gasteiger charge is 2.57. The van der Waals surface area contributed by atoms with Gasteiger partial charge in [0.1, 0.15) is 12.0 Å². The molecule has 2 unspecified atom stereocenters. The standard InChI is InChI=1S/C15H14FN5O/c1-8-17-12(20-19-8)9-4-3-5-10(6-9)13-18-14(22-21-13)15(2)7-11(15)16/h3-6,11H,7H2,1-2H3,(H,17,19,20). The molecule has 1 N–H and O–H groups in total. The fourth-order valence-electron chi connectivity index (χ4n) is 2.38. The van der Waals surface area contributed by atoms with Gasteiger partial charge in [-0.25, -0.2) is 9.37 Å². The van der Waals surface area contributed by atoms with Crippen LogP contribution in [0.25, 0.3) is 22.8 Å². The van der Waals surface area contributed by atoms with Crippen LogP contribution in [0.5, 0.6) is 0 Å². The normalized spacial score (nSPS) is 23.7. The van der Waals surface area contributed by atoms with Crippen LogP contribution in [0.2, 0.25) is 0 Å². The molecule has 0 bridgehead atoms. The number of hydrogen-bond acceptors (Lipinski definition) is 5. The van der Waals surface area contributed by atoms with Gasteiger partial charge >= 0.3 is 0 Å². The number of aryl methyl sites for hydroxylation is 1. The van der Waals surface area contributed by atoms with Crippen LogP contribution in [0.15, 0.2) is 28.8 Å². The van der Waals surface area contributed by atoms with Gasteiger partial charge in [-0.3, -0.25) is 5.10 Å². The molecular formula is C15H14FN5O. The molecular weight excluding hydrogens is 285 g/mol. The summed E-state index contributed by atoms with van der Waals surface area (Å²) in [6.45, 7) is 3.64. The Balaban J connectivity index is 1.69. The number of hydrogen-bond donors (Lipinski definition) is 1. The Kier molecular flexibility index (Phi) is 2.66. The number of alkyl halides is 1. The van der Waals surface area contributed by atoms with Crippen LogP contribution in [0.3, 0.4) is 0 Å². The minimum absolute atomic E-state index is 0.356. The maximum atomic E-state index is 13.4. The van der Waals surface area contributed by atoms with Crippen LogP contribution in [-0.4, -0.2) is 31.5 Å². The van der Waals surface area contributed by atoms with E-state index >= 15 is 0 Å². The molecule has 0 spiro atoms. The second kappa shape index (κ2) is 4.46. The second-order valence-corrected chi connectivity index (χ2v) is 5.84. The number of nitrogens with zero attached hydrogens (tertiary/aromatic N) is 4. The quantitative estimate of drug-likeness (QED) is 0.804. The lowest BCUT2D eigenvalue weighted by Gasteiger charge is -1.99. The van der Waals surface area contributed by atoms with E-state index in [1.165, 1.54) is 0 Å². The molecule has 2 heterocycles. The summed E-state index contributed by atoms with van der Waals surface area (Å²) in [6, 6.07) is 7.55. The zero-order valence-corrected chi connectivity index (χ0v) is 12.2. The van der Waals surface area contributed by atoms with E-state index in [2.05, 4.69) is 25.3 Å². The average Bonchev–Trinajstić information content (AvgIpc) is 2.96. The fourth-order valence-corrected chi connectivity index (χ4v) is 2.38. The smallest absolute Gasteiger partial charge is 0.235 e. The third-order valence-electron chi connectivity index (χ3n) is 4.03. The van der Waals surface area contributed by atoms with E-state index < -0.39 is 11.6 Å². The SMILES string of the molecule is Cc1nc(-c2cccc(-c3noc(C4(C)CC4F)n3)c2)n[nH]1. The van der Waals surface area contributed by atoms with Gasteiger partial charge in [-0.2, -0.15) is 10.1 Å². The van der Waals surface area contributed by atoms with E-state index in [0.717, 1.165) is 17.0 Å². The number of benzene rings is 1. The molecule has 0 radical (unpaired) electrons. The highest BCUT2D eigenvalue weighted by molar-refractivity contribution is 5.65. The molecule has 4 rings (SSSR count). The van der Waals surface area contributed by atoms with Crippen molar-refractivity contribution in [2.24, 2.45) is 0 Å². The molecule has 1 fully saturated rings. The van der Waals surface area contributed by atoms with Crippen molar-refractivity contribution in [2.75, 3.05) is 0 Å². The molecule has 7 heteroatoms. The molecule has 2 aromatic heterocycles. The second-order valence-electron chi connectivity index (χ2n) is 5.84. The Bertz CT molecular complexity index is 842. The Labute approximate surface area is 125 Å². The van der Waals surface area contributed by atoms with E-state index in [9.17, 15) is 4.39 Å². The molecule has 6 nitrogen and oxygen atoms in total. The first-order valence-corrected chi connectivity index (χ1v) is 7.04. The maximum absolute atomic E-state index is 13.4. The van der Waals surface area contributed by atoms with Gasteiger partial charge in [0.05, 0.1) is 5.41 Å². The topological polar surface area (TPSA) is 80.5 Å². The molecule has 1 aliphatic carbocycles. The number of aromatic amines is 1. The summed E-state index contributed by atoms with van der Waals surface area (Å²) in [5, 5.41) is 10.9. The molecule has 2 atom stereocenters. The lowest BCUT2D eigenvalue weighted by atomic mass is 10.1. The van der Waals surface area contributed by atoms with Crippen LogP contribution in [-0.2, 0) is 5.41 Å². The van der Waals surface area contributed by atoms with Gasteiger partial charge in [0.2, 0.25) is 11.7 Å². The molecule has 0 amide bonds. The maximum Gasteiger partial charge on any atom is 0.235 e. The Morgan fingerprint density at radius 1 is 1.27 bits per heavy atom. The average molecular weight is 299 g/mol. The monoisotopic (exact) mass is 299 g/mol. The van der Waals surface area contributed by atoms with Crippen LogP contribution in [0.1, 0.15) is 25.1 Å². The summed E-state index contributed by atoms with van der Waals surface area (Å²) >= 11 is 0. The molecule has 3 aromatic rings. The van der Waals surface area contributed by atoms with Crippen molar-refractivity contribution in [3.63, 3.8) is 0 Å². The molecule has 0 saturated heterocycles. The van der Waals surface area contributed by atoms with Crippen molar-refractivity contribution in [1.82, 2.24) is 25.3 Å². The highest BCUT2D eigenvalue weighted by atomic mass is 19.1. The largest absolute Gasteiger partial charge is 0.338 e. The highest BCUT2D eigenvalue weighted by Crippen LogP contribution is 2.49. The van der Waals surface area contributed by atoms with E-state index in [0.29, 0.717) is 24.0 Å². The van der Waals surface area contributed by atoms with Gasteiger partial charge in [-0.1, -0.05) is 23.4 Å². The first kappa shape index (κ1) is 13.1. The number of halogens is 1. The molecule has 1 aromatic carbocycles. The van der Waals surface area contributed by atoms with Crippen molar-refractivity contribution in [3.8, 4) is 22.8 Å². The van der Waals surface area contributed by atoms with Crippen LogP contribution in [0, 0.1) is 6.92 Å². The van der Waals surface area contributed by atoms with Gasteiger partial charge in [0.25, 0.3) is 0 Å². The van der Waals surface area contributed by atoms with Crippen LogP contribution in [0.4, 0.5) is 4.39 Å². The van der Waals surface area contributed by atoms with Crippen molar-refractivity contribution in [1.29, 1.82) is 0 Å². The predicted octanol–water partition coefficient (Wildman–Crippen LogP) is 2.83. The van der Waals surface area contributed by atoms with Crippen molar-refractivity contribution in [3.05, 3.63) is 36.0 Å². The van der Waals surface area contributed by atoms with E-state index in [1.807, 2.05) is 31.2 Å². The molecule has 22 heavy (non-hydrogen) atoms. The molecule has 112 valence electrons. The summed E-state index contributed by atoms with van der Waals surface area (Å²) in [5.74, 6) is 2.16. The summed E-state index contributed by atoms with van der Waals surface area (Å²) < 4.78 is 18.6. The lowest BCUT2D eigenvalue weighted by Crippen LogP contribution is -2.04.